The number of carbonyl (C=O) groups excluding carboxylic acids is 2. The predicted octanol–water partition coefficient (Wildman–Crippen LogP) is 3.75. The second kappa shape index (κ2) is 9.71. The van der Waals surface area contributed by atoms with E-state index in [-0.39, 0.29) is 6.54 Å². The number of benzodiazepines with no additional fused rings is 1. The van der Waals surface area contributed by atoms with Gasteiger partial charge in [-0.15, -0.1) is 0 Å². The Morgan fingerprint density at radius 1 is 1.00 bits per heavy atom. The maximum absolute atomic E-state index is 13.7. The molecule has 0 spiro atoms. The van der Waals surface area contributed by atoms with Crippen LogP contribution in [0.25, 0.3) is 10.9 Å². The zero-order valence-electron chi connectivity index (χ0n) is 19.1. The topological polar surface area (TPSA) is 115 Å². The molecule has 8 heteroatoms. The van der Waals surface area contributed by atoms with Crippen LogP contribution in [0.5, 0.6) is 0 Å². The molecule has 3 aromatic carbocycles. The summed E-state index contributed by atoms with van der Waals surface area (Å²) < 4.78 is 0. The van der Waals surface area contributed by atoms with Crippen molar-refractivity contribution in [2.75, 3.05) is 11.4 Å². The van der Waals surface area contributed by atoms with Gasteiger partial charge in [0, 0.05) is 34.7 Å². The Balaban J connectivity index is 1.57. The quantitative estimate of drug-likeness (QED) is 0.366. The Morgan fingerprint density at radius 3 is 2.50 bits per heavy atom. The average molecular weight is 479 g/mol. The van der Waals surface area contributed by atoms with Crippen molar-refractivity contribution in [3.63, 3.8) is 0 Å². The van der Waals surface area contributed by atoms with Crippen LogP contribution in [0.3, 0.4) is 0 Å². The molecule has 0 saturated heterocycles. The molecule has 0 saturated carbocycles. The van der Waals surface area contributed by atoms with Crippen LogP contribution in [0.4, 0.5) is 5.69 Å². The highest BCUT2D eigenvalue weighted by atomic mass is 16.4. The molecule has 1 atom stereocenters. The Morgan fingerprint density at radius 2 is 1.72 bits per heavy atom. The number of carbonyl (C=O) groups is 3. The van der Waals surface area contributed by atoms with E-state index in [1.165, 1.54) is 11.0 Å². The fourth-order valence-electron chi connectivity index (χ4n) is 4.19. The maximum atomic E-state index is 13.7. The first-order valence-corrected chi connectivity index (χ1v) is 11.3. The van der Waals surface area contributed by atoms with Crippen LogP contribution >= 0.6 is 0 Å². The van der Waals surface area contributed by atoms with Gasteiger partial charge in [-0.05, 0) is 18.2 Å². The smallest absolute Gasteiger partial charge is 0.328 e. The lowest BCUT2D eigenvalue weighted by molar-refractivity contribution is -0.131. The second-order valence-corrected chi connectivity index (χ2v) is 8.20. The summed E-state index contributed by atoms with van der Waals surface area (Å²) in [4.78, 5) is 47.2. The first kappa shape index (κ1) is 22.8. The first-order valence-electron chi connectivity index (χ1n) is 11.3. The molecule has 0 fully saturated rings. The summed E-state index contributed by atoms with van der Waals surface area (Å²) in [5.41, 5.74) is 3.71. The van der Waals surface area contributed by atoms with Gasteiger partial charge in [-0.1, -0.05) is 72.8 Å². The van der Waals surface area contributed by atoms with Gasteiger partial charge >= 0.3 is 5.97 Å². The number of benzene rings is 3. The largest absolute Gasteiger partial charge is 0.478 e. The van der Waals surface area contributed by atoms with Crippen LogP contribution in [0, 0.1) is 0 Å². The summed E-state index contributed by atoms with van der Waals surface area (Å²) in [6.07, 6.45) is 1.14. The molecule has 178 valence electrons. The number of para-hydroxylation sites is 2. The normalized spacial score (nSPS) is 15.4. The fourth-order valence-corrected chi connectivity index (χ4v) is 4.19. The van der Waals surface area contributed by atoms with Crippen molar-refractivity contribution in [3.05, 3.63) is 114 Å². The highest BCUT2D eigenvalue weighted by Gasteiger charge is 2.33. The van der Waals surface area contributed by atoms with Gasteiger partial charge in [0.1, 0.15) is 5.69 Å². The van der Waals surface area contributed by atoms with Gasteiger partial charge < -0.3 is 20.3 Å². The van der Waals surface area contributed by atoms with Crippen LogP contribution in [0.1, 0.15) is 21.6 Å². The summed E-state index contributed by atoms with van der Waals surface area (Å²) >= 11 is 0. The molecular formula is C28H22N4O4. The minimum atomic E-state index is -1.23. The first-order chi connectivity index (χ1) is 17.5. The van der Waals surface area contributed by atoms with Gasteiger partial charge in [-0.2, -0.15) is 0 Å². The number of fused-ring (bicyclic) bond motifs is 2. The molecule has 0 bridgehead atoms. The van der Waals surface area contributed by atoms with E-state index in [0.29, 0.717) is 22.7 Å². The third-order valence-electron chi connectivity index (χ3n) is 5.85. The number of amides is 2. The zero-order chi connectivity index (χ0) is 25.1. The molecule has 1 aliphatic heterocycles. The molecule has 0 radical (unpaired) electrons. The lowest BCUT2D eigenvalue weighted by Crippen LogP contribution is -2.47. The number of aromatic nitrogens is 1. The summed E-state index contributed by atoms with van der Waals surface area (Å²) in [6.45, 7) is -0.00149. The lowest BCUT2D eigenvalue weighted by atomic mass is 10.0. The van der Waals surface area contributed by atoms with Crippen molar-refractivity contribution in [1.82, 2.24) is 10.3 Å². The number of hydrogen-bond donors (Lipinski definition) is 3. The number of aliphatic carboxylic acids is 1. The van der Waals surface area contributed by atoms with E-state index in [4.69, 9.17) is 10.1 Å². The van der Waals surface area contributed by atoms with E-state index in [0.717, 1.165) is 22.5 Å². The Kier molecular flexibility index (Phi) is 6.15. The predicted molar refractivity (Wildman–Crippen MR) is 137 cm³/mol. The van der Waals surface area contributed by atoms with Crippen molar-refractivity contribution in [2.45, 2.75) is 6.17 Å². The third kappa shape index (κ3) is 4.52. The molecule has 4 aromatic rings. The molecule has 2 heterocycles. The minimum Gasteiger partial charge on any atom is -0.478 e. The van der Waals surface area contributed by atoms with E-state index in [1.54, 1.807) is 18.2 Å². The summed E-state index contributed by atoms with van der Waals surface area (Å²) in [6, 6.07) is 25.9. The van der Waals surface area contributed by atoms with Gasteiger partial charge in [0.05, 0.1) is 11.4 Å². The third-order valence-corrected chi connectivity index (χ3v) is 5.85. The number of carboxylic acid groups (broad SMARTS) is 1. The number of aliphatic imine (C=N–C) groups is 1. The van der Waals surface area contributed by atoms with E-state index >= 15 is 0 Å². The van der Waals surface area contributed by atoms with Crippen LogP contribution < -0.4 is 10.2 Å². The number of anilines is 1. The molecule has 1 aliphatic rings. The molecule has 36 heavy (non-hydrogen) atoms. The van der Waals surface area contributed by atoms with Gasteiger partial charge in [0.25, 0.3) is 11.8 Å². The van der Waals surface area contributed by atoms with Gasteiger partial charge in [0.2, 0.25) is 6.17 Å². The number of carboxylic acids is 1. The number of nitrogens with one attached hydrogen (secondary N) is 2. The molecule has 8 nitrogen and oxygen atoms in total. The highest BCUT2D eigenvalue weighted by Crippen LogP contribution is 2.28. The molecule has 0 aliphatic carbocycles. The van der Waals surface area contributed by atoms with E-state index in [1.807, 2.05) is 66.7 Å². The number of nitrogens with zero attached hydrogens (tertiary/aromatic N) is 2. The molecular weight excluding hydrogens is 456 g/mol. The molecule has 3 N–H and O–H groups in total. The van der Waals surface area contributed by atoms with Crippen molar-refractivity contribution in [3.8, 4) is 0 Å². The van der Waals surface area contributed by atoms with Crippen molar-refractivity contribution in [2.24, 2.45) is 4.99 Å². The monoisotopic (exact) mass is 478 g/mol. The SMILES string of the molecule is O=C(O)/C=C\CN1C(=O)C(NC(=O)c2cc3ccccc3[nH]2)N=C(c2ccccc2)c2ccccc21. The minimum absolute atomic E-state index is 0.00149. The maximum Gasteiger partial charge on any atom is 0.328 e. The van der Waals surface area contributed by atoms with Gasteiger partial charge in [-0.25, -0.2) is 9.79 Å². The van der Waals surface area contributed by atoms with Crippen molar-refractivity contribution >= 4 is 40.1 Å². The summed E-state index contributed by atoms with van der Waals surface area (Å²) in [5.74, 6) is -2.07. The summed E-state index contributed by atoms with van der Waals surface area (Å²) in [5, 5.41) is 12.7. The van der Waals surface area contributed by atoms with Crippen LogP contribution in [-0.4, -0.2) is 46.3 Å². The average Bonchev–Trinajstić information content (AvgIpc) is 3.29. The molecule has 5 rings (SSSR count). The number of hydrogen-bond acceptors (Lipinski definition) is 4. The Labute approximate surface area is 206 Å². The van der Waals surface area contributed by atoms with E-state index in [2.05, 4.69) is 10.3 Å². The number of H-pyrrole nitrogens is 1. The molecule has 1 aromatic heterocycles. The number of aromatic amines is 1. The Bertz CT molecular complexity index is 1490. The van der Waals surface area contributed by atoms with Crippen molar-refractivity contribution < 1.29 is 19.5 Å². The highest BCUT2D eigenvalue weighted by molar-refractivity contribution is 6.20. The van der Waals surface area contributed by atoms with E-state index < -0.39 is 23.9 Å². The second-order valence-electron chi connectivity index (χ2n) is 8.20. The van der Waals surface area contributed by atoms with Crippen molar-refractivity contribution in [1.29, 1.82) is 0 Å². The van der Waals surface area contributed by atoms with Crippen LogP contribution in [0.15, 0.2) is 102 Å². The summed E-state index contributed by atoms with van der Waals surface area (Å²) in [7, 11) is 0. The molecule has 2 amide bonds. The van der Waals surface area contributed by atoms with Gasteiger partial charge in [0.15, 0.2) is 0 Å². The number of rotatable bonds is 6. The molecule has 1 unspecified atom stereocenters. The van der Waals surface area contributed by atoms with Crippen LogP contribution in [0.2, 0.25) is 0 Å². The lowest BCUT2D eigenvalue weighted by Gasteiger charge is -2.24. The van der Waals surface area contributed by atoms with Gasteiger partial charge in [-0.3, -0.25) is 9.59 Å². The van der Waals surface area contributed by atoms with E-state index in [9.17, 15) is 14.4 Å². The standard InChI is InChI=1S/C28H22N4O4/c33-24(34)15-8-16-32-23-14-7-5-12-20(23)25(18-9-2-1-3-10-18)30-26(28(32)36)31-27(35)22-17-19-11-4-6-13-21(19)29-22/h1-15,17,26,29H,16H2,(H,31,35)(H,33,34)/b15-8-. The zero-order valence-corrected chi connectivity index (χ0v) is 19.1. The Hall–Kier alpha value is -4.98. The van der Waals surface area contributed by atoms with Crippen LogP contribution in [-0.2, 0) is 9.59 Å². The fraction of sp³-hybridized carbons (Fsp3) is 0.0714.